The quantitative estimate of drug-likeness (QED) is 0.720. The summed E-state index contributed by atoms with van der Waals surface area (Å²) >= 11 is 1.53. The van der Waals surface area contributed by atoms with Crippen LogP contribution in [-0.2, 0) is 9.53 Å². The van der Waals surface area contributed by atoms with Crippen molar-refractivity contribution in [3.63, 3.8) is 0 Å². The van der Waals surface area contributed by atoms with E-state index in [2.05, 4.69) is 5.32 Å². The summed E-state index contributed by atoms with van der Waals surface area (Å²) in [6.45, 7) is 6.16. The van der Waals surface area contributed by atoms with Crippen molar-refractivity contribution in [3.05, 3.63) is 47.7 Å². The molecule has 1 aliphatic heterocycles. The minimum atomic E-state index is -0.868. The third kappa shape index (κ3) is 4.20. The lowest BCUT2D eigenvalue weighted by molar-refractivity contribution is -0.139. The number of carboxylic acid groups (broad SMARTS) is 1. The maximum atomic E-state index is 11.9. The molecule has 0 bridgehead atoms. The van der Waals surface area contributed by atoms with Crippen LogP contribution < -0.4 is 5.32 Å². The van der Waals surface area contributed by atoms with Crippen LogP contribution in [0, 0.1) is 0 Å². The van der Waals surface area contributed by atoms with E-state index in [0.29, 0.717) is 23.7 Å². The van der Waals surface area contributed by atoms with Crippen molar-refractivity contribution in [2.75, 3.05) is 6.61 Å². The number of aliphatic carboxylic acids is 1. The normalized spacial score (nSPS) is 21.1. The highest BCUT2D eigenvalue weighted by Gasteiger charge is 2.46. The van der Waals surface area contributed by atoms with Crippen molar-refractivity contribution >= 4 is 23.7 Å². The third-order valence-electron chi connectivity index (χ3n) is 4.41. The molecule has 2 heterocycles. The maximum absolute atomic E-state index is 11.9. The van der Waals surface area contributed by atoms with Gasteiger partial charge in [-0.15, -0.1) is 11.8 Å². The molecule has 2 unspecified atom stereocenters. The topological polar surface area (TPSA) is 88.8 Å². The van der Waals surface area contributed by atoms with E-state index in [4.69, 9.17) is 9.15 Å². The van der Waals surface area contributed by atoms with Gasteiger partial charge in [0.1, 0.15) is 22.9 Å². The van der Waals surface area contributed by atoms with Gasteiger partial charge in [0.15, 0.2) is 0 Å². The first kappa shape index (κ1) is 19.5. The first-order chi connectivity index (χ1) is 12.8. The second kappa shape index (κ2) is 7.78. The van der Waals surface area contributed by atoms with Crippen molar-refractivity contribution in [1.29, 1.82) is 0 Å². The predicted molar refractivity (Wildman–Crippen MR) is 104 cm³/mol. The lowest BCUT2D eigenvalue weighted by Gasteiger charge is -2.20. The number of thioether (sulfide) groups is 1. The van der Waals surface area contributed by atoms with Crippen molar-refractivity contribution in [2.45, 2.75) is 43.4 Å². The van der Waals surface area contributed by atoms with Crippen molar-refractivity contribution < 1.29 is 23.8 Å². The number of rotatable bonds is 6. The Bertz CT molecular complexity index is 827. The van der Waals surface area contributed by atoms with Crippen LogP contribution in [0.5, 0.6) is 0 Å². The van der Waals surface area contributed by atoms with Crippen molar-refractivity contribution in [1.82, 2.24) is 5.32 Å². The van der Waals surface area contributed by atoms with Crippen LogP contribution in [0.3, 0.4) is 0 Å². The molecule has 2 atom stereocenters. The molecule has 144 valence electrons. The van der Waals surface area contributed by atoms with E-state index in [0.717, 1.165) is 12.0 Å². The lowest BCUT2D eigenvalue weighted by atomic mass is 10.0. The van der Waals surface area contributed by atoms with Crippen LogP contribution in [0.2, 0.25) is 0 Å². The molecule has 0 radical (unpaired) electrons. The van der Waals surface area contributed by atoms with Crippen LogP contribution in [0.25, 0.3) is 11.3 Å². The van der Waals surface area contributed by atoms with Gasteiger partial charge in [-0.05, 0) is 44.5 Å². The number of hydrogen-bond donors (Lipinski definition) is 2. The maximum Gasteiger partial charge on any atom is 0.338 e. The largest absolute Gasteiger partial charge is 0.480 e. The van der Waals surface area contributed by atoms with Gasteiger partial charge in [0, 0.05) is 10.3 Å². The molecule has 0 spiro atoms. The lowest BCUT2D eigenvalue weighted by Crippen LogP contribution is -2.43. The fourth-order valence-corrected chi connectivity index (χ4v) is 4.32. The number of carboxylic acids is 1. The van der Waals surface area contributed by atoms with Gasteiger partial charge < -0.3 is 14.3 Å². The Hall–Kier alpha value is -2.25. The van der Waals surface area contributed by atoms with Gasteiger partial charge in [-0.25, -0.2) is 4.79 Å². The Morgan fingerprint density at radius 2 is 1.93 bits per heavy atom. The fourth-order valence-electron chi connectivity index (χ4n) is 2.96. The van der Waals surface area contributed by atoms with Crippen LogP contribution in [0.4, 0.5) is 0 Å². The van der Waals surface area contributed by atoms with Crippen LogP contribution in [-0.4, -0.2) is 34.4 Å². The second-order valence-corrected chi connectivity index (χ2v) is 8.71. The van der Waals surface area contributed by atoms with Crippen LogP contribution >= 0.6 is 11.8 Å². The number of carbonyl (C=O) groups excluding carboxylic acids is 1. The molecule has 1 aromatic heterocycles. The van der Waals surface area contributed by atoms with E-state index in [1.807, 2.05) is 45.0 Å². The first-order valence-corrected chi connectivity index (χ1v) is 9.73. The highest BCUT2D eigenvalue weighted by Crippen LogP contribution is 2.46. The summed E-state index contributed by atoms with van der Waals surface area (Å²) in [4.78, 5) is 23.3. The summed E-state index contributed by atoms with van der Waals surface area (Å²) in [5.74, 6) is 0.139. The van der Waals surface area contributed by atoms with Gasteiger partial charge in [0.25, 0.3) is 0 Å². The van der Waals surface area contributed by atoms with Crippen LogP contribution in [0.1, 0.15) is 48.7 Å². The van der Waals surface area contributed by atoms with Gasteiger partial charge in [-0.3, -0.25) is 10.1 Å². The molecule has 1 fully saturated rings. The first-order valence-electron chi connectivity index (χ1n) is 8.86. The van der Waals surface area contributed by atoms with Gasteiger partial charge in [-0.2, -0.15) is 0 Å². The molecule has 2 aromatic rings. The summed E-state index contributed by atoms with van der Waals surface area (Å²) < 4.78 is 10.6. The van der Waals surface area contributed by atoms with E-state index < -0.39 is 16.8 Å². The molecule has 7 heteroatoms. The van der Waals surface area contributed by atoms with E-state index in [1.165, 1.54) is 11.8 Å². The molecule has 1 aliphatic rings. The monoisotopic (exact) mass is 389 g/mol. The second-order valence-electron chi connectivity index (χ2n) is 6.95. The summed E-state index contributed by atoms with van der Waals surface area (Å²) in [6, 6.07) is 10.1. The number of esters is 1. The van der Waals surface area contributed by atoms with E-state index in [1.54, 1.807) is 12.1 Å². The molecular formula is C20H23NO5S. The highest BCUT2D eigenvalue weighted by atomic mass is 32.2. The van der Waals surface area contributed by atoms with Gasteiger partial charge in [-0.1, -0.05) is 19.1 Å². The van der Waals surface area contributed by atoms with Gasteiger partial charge >= 0.3 is 11.9 Å². The summed E-state index contributed by atoms with van der Waals surface area (Å²) in [7, 11) is 0. The Labute approximate surface area is 162 Å². The minimum absolute atomic E-state index is 0.224. The molecule has 1 aromatic carbocycles. The number of nitrogens with one attached hydrogen (secondary N) is 1. The number of hydrogen-bond acceptors (Lipinski definition) is 6. The Kier molecular flexibility index (Phi) is 5.62. The predicted octanol–water partition coefficient (Wildman–Crippen LogP) is 4.08. The van der Waals surface area contributed by atoms with Crippen molar-refractivity contribution in [2.24, 2.45) is 0 Å². The molecule has 0 aliphatic carbocycles. The average molecular weight is 389 g/mol. The molecule has 6 nitrogen and oxygen atoms in total. The number of carbonyl (C=O) groups is 2. The van der Waals surface area contributed by atoms with E-state index in [9.17, 15) is 14.7 Å². The standard InChI is InChI=1S/C20H23NO5S/c1-4-11-25-19(24)13-7-5-12(6-8-13)14-9-10-15(26-14)17-21-16(18(22)23)20(2,3)27-17/h5-10,16-17,21H,4,11H2,1-3H3,(H,22,23). The molecular weight excluding hydrogens is 366 g/mol. The third-order valence-corrected chi connectivity index (χ3v) is 5.86. The molecule has 0 amide bonds. The Balaban J connectivity index is 1.73. The van der Waals surface area contributed by atoms with E-state index >= 15 is 0 Å². The zero-order valence-electron chi connectivity index (χ0n) is 15.5. The number of ether oxygens (including phenoxy) is 1. The van der Waals surface area contributed by atoms with E-state index in [-0.39, 0.29) is 11.3 Å². The molecule has 2 N–H and O–H groups in total. The number of furan rings is 1. The molecule has 1 saturated heterocycles. The molecule has 3 rings (SSSR count). The minimum Gasteiger partial charge on any atom is -0.480 e. The Morgan fingerprint density at radius 3 is 2.52 bits per heavy atom. The summed E-state index contributed by atoms with van der Waals surface area (Å²) in [6.07, 6.45) is 0.783. The van der Waals surface area contributed by atoms with Gasteiger partial charge in [0.2, 0.25) is 0 Å². The Morgan fingerprint density at radius 1 is 1.22 bits per heavy atom. The summed E-state index contributed by atoms with van der Waals surface area (Å²) in [5, 5.41) is 12.3. The smallest absolute Gasteiger partial charge is 0.338 e. The number of benzene rings is 1. The zero-order valence-corrected chi connectivity index (χ0v) is 16.3. The zero-order chi connectivity index (χ0) is 19.6. The molecule has 0 saturated carbocycles. The SMILES string of the molecule is CCCOC(=O)c1ccc(-c2ccc(C3NC(C(=O)O)C(C)(C)S3)o2)cc1. The summed E-state index contributed by atoms with van der Waals surface area (Å²) in [5.41, 5.74) is 1.34. The fraction of sp³-hybridized carbons (Fsp3) is 0.400. The molecule has 27 heavy (non-hydrogen) atoms. The van der Waals surface area contributed by atoms with Crippen LogP contribution in [0.15, 0.2) is 40.8 Å². The van der Waals surface area contributed by atoms with Gasteiger partial charge in [0.05, 0.1) is 12.2 Å². The average Bonchev–Trinajstić information content (AvgIpc) is 3.24. The highest BCUT2D eigenvalue weighted by molar-refractivity contribution is 8.01. The van der Waals surface area contributed by atoms with Crippen molar-refractivity contribution in [3.8, 4) is 11.3 Å².